The third kappa shape index (κ3) is 4.90. The number of halogens is 2. The molecule has 0 atom stereocenters. The number of carboxylic acids is 1. The van der Waals surface area contributed by atoms with E-state index in [4.69, 9.17) is 21.4 Å². The van der Waals surface area contributed by atoms with E-state index < -0.39 is 5.97 Å². The average Bonchev–Trinajstić information content (AvgIpc) is 3.17. The van der Waals surface area contributed by atoms with E-state index >= 15 is 0 Å². The summed E-state index contributed by atoms with van der Waals surface area (Å²) in [5.41, 5.74) is 3.37. The first-order chi connectivity index (χ1) is 16.9. The highest BCUT2D eigenvalue weighted by Gasteiger charge is 2.30. The Morgan fingerprint density at radius 1 is 1.20 bits per heavy atom. The van der Waals surface area contributed by atoms with Crippen molar-refractivity contribution in [2.45, 2.75) is 51.3 Å². The minimum Gasteiger partial charge on any atom is -0.481 e. The van der Waals surface area contributed by atoms with Crippen LogP contribution >= 0.6 is 11.6 Å². The molecule has 3 heterocycles. The topological polar surface area (TPSA) is 84.7 Å². The molecule has 0 radical (unpaired) electrons. The molecule has 3 aromatic rings. The first-order valence-corrected chi connectivity index (χ1v) is 12.3. The molecule has 9 heteroatoms. The fraction of sp³-hybridized carbons (Fsp3) is 0.423. The van der Waals surface area contributed by atoms with Crippen molar-refractivity contribution in [1.29, 1.82) is 0 Å². The lowest BCUT2D eigenvalue weighted by Gasteiger charge is -2.30. The van der Waals surface area contributed by atoms with Crippen LogP contribution in [-0.2, 0) is 33.8 Å². The first kappa shape index (κ1) is 23.8. The Bertz CT molecular complexity index is 1270. The zero-order valence-electron chi connectivity index (χ0n) is 19.3. The van der Waals surface area contributed by atoms with Gasteiger partial charge in [-0.3, -0.25) is 9.59 Å². The molecule has 0 bridgehead atoms. The second kappa shape index (κ2) is 9.95. The number of hydrogen-bond donors (Lipinski definition) is 1. The van der Waals surface area contributed by atoms with Crippen LogP contribution in [0.4, 0.5) is 4.39 Å². The van der Waals surface area contributed by atoms with Crippen molar-refractivity contribution in [1.82, 2.24) is 14.5 Å². The molecule has 1 N–H and O–H groups in total. The molecule has 0 unspecified atom stereocenters. The molecule has 2 aliphatic rings. The fourth-order valence-electron chi connectivity index (χ4n) is 5.22. The summed E-state index contributed by atoms with van der Waals surface area (Å²) in [4.78, 5) is 30.5. The van der Waals surface area contributed by atoms with Crippen LogP contribution in [0.5, 0.6) is 0 Å². The zero-order valence-corrected chi connectivity index (χ0v) is 20.0. The van der Waals surface area contributed by atoms with Crippen LogP contribution in [0.2, 0.25) is 5.02 Å². The monoisotopic (exact) mass is 499 g/mol. The highest BCUT2D eigenvalue weighted by Crippen LogP contribution is 2.31. The number of fused-ring (bicyclic) bond motifs is 3. The number of amides is 1. The zero-order chi connectivity index (χ0) is 24.5. The van der Waals surface area contributed by atoms with E-state index in [0.717, 1.165) is 22.3 Å². The third-order valence-electron chi connectivity index (χ3n) is 7.18. The van der Waals surface area contributed by atoms with E-state index in [2.05, 4.69) is 4.98 Å². The highest BCUT2D eigenvalue weighted by molar-refractivity contribution is 6.30. The molecule has 7 nitrogen and oxygen atoms in total. The van der Waals surface area contributed by atoms with Gasteiger partial charge >= 0.3 is 5.97 Å². The highest BCUT2D eigenvalue weighted by atomic mass is 35.5. The quantitative estimate of drug-likeness (QED) is 0.542. The van der Waals surface area contributed by atoms with Gasteiger partial charge in [0.25, 0.3) is 0 Å². The summed E-state index contributed by atoms with van der Waals surface area (Å²) in [7, 11) is 0. The molecule has 2 aromatic heterocycles. The lowest BCUT2D eigenvalue weighted by atomic mass is 9.87. The van der Waals surface area contributed by atoms with Gasteiger partial charge in [0, 0.05) is 34.4 Å². The number of carbonyl (C=O) groups is 2. The molecular formula is C26H27ClFN3O4. The normalized spacial score (nSPS) is 20.1. The number of aliphatic carboxylic acids is 1. The SMILES string of the molecule is O=C(O)C1CCC(OCC(=O)N2CCc3c(n(Cc4ccc(Cl)cc4F)c4ncccc34)C2)CC1. The molecule has 184 valence electrons. The van der Waals surface area contributed by atoms with Crippen molar-refractivity contribution in [2.75, 3.05) is 13.2 Å². The number of hydrogen-bond acceptors (Lipinski definition) is 4. The minimum atomic E-state index is -0.757. The van der Waals surface area contributed by atoms with Crippen LogP contribution in [-0.4, -0.2) is 50.7 Å². The largest absolute Gasteiger partial charge is 0.481 e. The minimum absolute atomic E-state index is 0.0258. The lowest BCUT2D eigenvalue weighted by molar-refractivity contribution is -0.146. The fourth-order valence-corrected chi connectivity index (χ4v) is 5.38. The van der Waals surface area contributed by atoms with Crippen molar-refractivity contribution in [3.63, 3.8) is 0 Å². The second-order valence-corrected chi connectivity index (χ2v) is 9.75. The molecule has 1 aromatic carbocycles. The van der Waals surface area contributed by atoms with Gasteiger partial charge in [-0.25, -0.2) is 9.37 Å². The van der Waals surface area contributed by atoms with Crippen molar-refractivity contribution in [3.8, 4) is 0 Å². The molecule has 35 heavy (non-hydrogen) atoms. The van der Waals surface area contributed by atoms with Gasteiger partial charge in [-0.1, -0.05) is 17.7 Å². The number of carboxylic acid groups (broad SMARTS) is 1. The Hall–Kier alpha value is -2.97. The summed E-state index contributed by atoms with van der Waals surface area (Å²) in [6, 6.07) is 8.56. The Labute approximate surface area is 207 Å². The van der Waals surface area contributed by atoms with Gasteiger partial charge in [0.1, 0.15) is 18.1 Å². The van der Waals surface area contributed by atoms with Crippen LogP contribution in [0, 0.1) is 11.7 Å². The Morgan fingerprint density at radius 2 is 2.00 bits per heavy atom. The molecule has 0 spiro atoms. The van der Waals surface area contributed by atoms with Crippen molar-refractivity contribution in [2.24, 2.45) is 5.92 Å². The predicted molar refractivity (Wildman–Crippen MR) is 129 cm³/mol. The van der Waals surface area contributed by atoms with Crippen molar-refractivity contribution in [3.05, 3.63) is 64.2 Å². The van der Waals surface area contributed by atoms with E-state index in [9.17, 15) is 14.0 Å². The third-order valence-corrected chi connectivity index (χ3v) is 7.41. The maximum absolute atomic E-state index is 14.6. The van der Waals surface area contributed by atoms with Gasteiger partial charge in [0.2, 0.25) is 5.91 Å². The van der Waals surface area contributed by atoms with Gasteiger partial charge in [-0.05, 0) is 61.9 Å². The number of aromatic nitrogens is 2. The molecule has 1 fully saturated rings. The van der Waals surface area contributed by atoms with Gasteiger partial charge in [-0.2, -0.15) is 0 Å². The summed E-state index contributed by atoms with van der Waals surface area (Å²) >= 11 is 5.93. The van der Waals surface area contributed by atoms with E-state index in [-0.39, 0.29) is 36.9 Å². The summed E-state index contributed by atoms with van der Waals surface area (Å²) in [5.74, 6) is -1.55. The number of rotatable bonds is 6. The number of benzene rings is 1. The van der Waals surface area contributed by atoms with Gasteiger partial charge in [0.05, 0.1) is 25.1 Å². The number of pyridine rings is 1. The molecular weight excluding hydrogens is 473 g/mol. The van der Waals surface area contributed by atoms with Gasteiger partial charge < -0.3 is 19.3 Å². The van der Waals surface area contributed by atoms with E-state index in [1.807, 2.05) is 16.7 Å². The van der Waals surface area contributed by atoms with Crippen molar-refractivity contribution < 1.29 is 23.8 Å². The Kier molecular flexibility index (Phi) is 6.75. The lowest BCUT2D eigenvalue weighted by Crippen LogP contribution is -2.40. The maximum atomic E-state index is 14.6. The molecule has 1 saturated carbocycles. The van der Waals surface area contributed by atoms with E-state index in [0.29, 0.717) is 55.8 Å². The van der Waals surface area contributed by atoms with E-state index in [1.165, 1.54) is 6.07 Å². The standard InChI is InChI=1S/C26H27ClFN3O4/c27-18-6-3-17(22(28)12-18)13-31-23-14-30(11-9-20(23)21-2-1-10-29-25(21)31)24(32)15-35-19-7-4-16(5-8-19)26(33)34/h1-3,6,10,12,16,19H,4-5,7-9,11,13-15H2,(H,33,34). The smallest absolute Gasteiger partial charge is 0.306 e. The van der Waals surface area contributed by atoms with Crippen LogP contribution in [0.25, 0.3) is 11.0 Å². The Balaban J connectivity index is 1.31. The van der Waals surface area contributed by atoms with Crippen LogP contribution in [0.1, 0.15) is 42.5 Å². The summed E-state index contributed by atoms with van der Waals surface area (Å²) < 4.78 is 22.4. The van der Waals surface area contributed by atoms with Crippen LogP contribution in [0.15, 0.2) is 36.5 Å². The first-order valence-electron chi connectivity index (χ1n) is 11.9. The molecule has 1 aliphatic carbocycles. The van der Waals surface area contributed by atoms with Gasteiger partial charge in [-0.15, -0.1) is 0 Å². The Morgan fingerprint density at radius 3 is 2.74 bits per heavy atom. The van der Waals surface area contributed by atoms with E-state index in [1.54, 1.807) is 23.2 Å². The van der Waals surface area contributed by atoms with Crippen LogP contribution in [0.3, 0.4) is 0 Å². The van der Waals surface area contributed by atoms with Crippen molar-refractivity contribution >= 4 is 34.5 Å². The average molecular weight is 500 g/mol. The summed E-state index contributed by atoms with van der Waals surface area (Å²) in [6.07, 6.45) is 4.78. The molecule has 1 aliphatic heterocycles. The molecule has 1 amide bonds. The maximum Gasteiger partial charge on any atom is 0.306 e. The molecule has 5 rings (SSSR count). The second-order valence-electron chi connectivity index (χ2n) is 9.31. The van der Waals surface area contributed by atoms with Crippen LogP contribution < -0.4 is 0 Å². The number of nitrogens with zero attached hydrogens (tertiary/aromatic N) is 3. The predicted octanol–water partition coefficient (Wildman–Crippen LogP) is 4.42. The number of carbonyl (C=O) groups excluding carboxylic acids is 1. The number of ether oxygens (including phenoxy) is 1. The summed E-state index contributed by atoms with van der Waals surface area (Å²) in [6.45, 7) is 1.23. The summed E-state index contributed by atoms with van der Waals surface area (Å²) in [5, 5.41) is 10.5. The molecule has 0 saturated heterocycles. The van der Waals surface area contributed by atoms with Gasteiger partial charge in [0.15, 0.2) is 0 Å².